The Hall–Kier alpha value is -2.36. The lowest BCUT2D eigenvalue weighted by atomic mass is 9.94. The molecule has 0 aliphatic carbocycles. The van der Waals surface area contributed by atoms with Crippen LogP contribution in [-0.4, -0.2) is 29.4 Å². The maximum atomic E-state index is 12.5. The van der Waals surface area contributed by atoms with Gasteiger partial charge in [-0.3, -0.25) is 14.5 Å². The van der Waals surface area contributed by atoms with Crippen molar-refractivity contribution in [3.63, 3.8) is 0 Å². The minimum absolute atomic E-state index is 0.270. The molecule has 2 rings (SSSR count). The first kappa shape index (κ1) is 17.0. The molecular weight excluding hydrogens is 290 g/mol. The van der Waals surface area contributed by atoms with E-state index in [0.29, 0.717) is 6.42 Å². The summed E-state index contributed by atoms with van der Waals surface area (Å²) in [6.45, 7) is 7.77. The molecule has 0 bridgehead atoms. The molecule has 0 atom stereocenters. The smallest absolute Gasteiger partial charge is 0.253 e. The number of imide groups is 1. The molecule has 122 valence electrons. The van der Waals surface area contributed by atoms with E-state index in [9.17, 15) is 9.59 Å². The quantitative estimate of drug-likeness (QED) is 0.803. The Labute approximate surface area is 137 Å². The van der Waals surface area contributed by atoms with Crippen LogP contribution in [0.2, 0.25) is 0 Å². The Balaban J connectivity index is 2.26. The van der Waals surface area contributed by atoms with Gasteiger partial charge in [-0.1, -0.05) is 12.1 Å². The number of carbonyl (C=O) groups excluding carboxylic acids is 2. The monoisotopic (exact) mass is 313 g/mol. The van der Waals surface area contributed by atoms with Gasteiger partial charge >= 0.3 is 0 Å². The first-order valence-electron chi connectivity index (χ1n) is 7.64. The highest BCUT2D eigenvalue weighted by molar-refractivity contribution is 6.07. The Bertz CT molecular complexity index is 699. The second-order valence-corrected chi connectivity index (χ2v) is 6.43. The normalized spacial score (nSPS) is 16.9. The summed E-state index contributed by atoms with van der Waals surface area (Å²) in [5, 5.41) is 0. The molecule has 1 aliphatic rings. The minimum atomic E-state index is -0.506. The summed E-state index contributed by atoms with van der Waals surface area (Å²) in [4.78, 5) is 25.8. The van der Waals surface area contributed by atoms with E-state index >= 15 is 0 Å². The molecule has 0 saturated carbocycles. The Morgan fingerprint density at radius 1 is 1.30 bits per heavy atom. The zero-order valence-corrected chi connectivity index (χ0v) is 14.3. The van der Waals surface area contributed by atoms with Crippen LogP contribution < -0.4 is 4.74 Å². The Morgan fingerprint density at radius 2 is 2.00 bits per heavy atom. The van der Waals surface area contributed by atoms with Crippen LogP contribution >= 0.6 is 0 Å². The van der Waals surface area contributed by atoms with E-state index in [0.717, 1.165) is 22.4 Å². The van der Waals surface area contributed by atoms with Crippen molar-refractivity contribution in [3.05, 3.63) is 47.1 Å². The van der Waals surface area contributed by atoms with Crippen LogP contribution in [0.4, 0.5) is 0 Å². The van der Waals surface area contributed by atoms with Crippen molar-refractivity contribution >= 4 is 17.9 Å². The number of ether oxygens (including phenoxy) is 1. The maximum Gasteiger partial charge on any atom is 0.253 e. The fraction of sp³-hybridized carbons (Fsp3) is 0.368. The van der Waals surface area contributed by atoms with E-state index in [1.54, 1.807) is 13.2 Å². The van der Waals surface area contributed by atoms with Crippen molar-refractivity contribution in [3.8, 4) is 5.75 Å². The summed E-state index contributed by atoms with van der Waals surface area (Å²) in [5.74, 6) is 0.213. The predicted octanol–water partition coefficient (Wildman–Crippen LogP) is 3.42. The third-order valence-corrected chi connectivity index (χ3v) is 4.20. The molecule has 4 nitrogen and oxygen atoms in total. The van der Waals surface area contributed by atoms with Crippen LogP contribution in [0.1, 0.15) is 37.0 Å². The fourth-order valence-electron chi connectivity index (χ4n) is 2.72. The number of aryl methyl sites for hydroxylation is 1. The highest BCUT2D eigenvalue weighted by atomic mass is 16.5. The lowest BCUT2D eigenvalue weighted by Crippen LogP contribution is -2.51. The van der Waals surface area contributed by atoms with E-state index in [1.165, 1.54) is 17.1 Å². The van der Waals surface area contributed by atoms with E-state index < -0.39 is 5.54 Å². The third kappa shape index (κ3) is 3.52. The molecule has 0 spiro atoms. The van der Waals surface area contributed by atoms with Gasteiger partial charge in [-0.15, -0.1) is 0 Å². The van der Waals surface area contributed by atoms with Crippen LogP contribution in [0.5, 0.6) is 5.75 Å². The summed E-state index contributed by atoms with van der Waals surface area (Å²) in [6.07, 6.45) is 7.09. The molecule has 0 radical (unpaired) electrons. The van der Waals surface area contributed by atoms with Gasteiger partial charge in [0.05, 0.1) is 7.11 Å². The average molecular weight is 313 g/mol. The SMILES string of the molecule is COc1cc(/C=C/C(=O)N2C(=O)C=CCC2(C)C)cc(C)c1C. The first-order valence-corrected chi connectivity index (χ1v) is 7.64. The minimum Gasteiger partial charge on any atom is -0.496 e. The number of carbonyl (C=O) groups is 2. The zero-order chi connectivity index (χ0) is 17.2. The summed E-state index contributed by atoms with van der Waals surface area (Å²) in [5.41, 5.74) is 2.53. The molecule has 2 amide bonds. The Morgan fingerprint density at radius 3 is 2.61 bits per heavy atom. The summed E-state index contributed by atoms with van der Waals surface area (Å²) in [6, 6.07) is 3.87. The van der Waals surface area contributed by atoms with E-state index in [2.05, 4.69) is 0 Å². The van der Waals surface area contributed by atoms with Gasteiger partial charge in [0, 0.05) is 11.6 Å². The van der Waals surface area contributed by atoms with Crippen molar-refractivity contribution in [2.24, 2.45) is 0 Å². The van der Waals surface area contributed by atoms with E-state index in [-0.39, 0.29) is 11.8 Å². The van der Waals surface area contributed by atoms with Gasteiger partial charge < -0.3 is 4.74 Å². The molecule has 1 heterocycles. The Kier molecular flexibility index (Phi) is 4.73. The average Bonchev–Trinajstić information content (AvgIpc) is 2.47. The third-order valence-electron chi connectivity index (χ3n) is 4.20. The second kappa shape index (κ2) is 6.41. The summed E-state index contributed by atoms with van der Waals surface area (Å²) >= 11 is 0. The summed E-state index contributed by atoms with van der Waals surface area (Å²) < 4.78 is 5.35. The van der Waals surface area contributed by atoms with E-state index in [1.807, 2.05) is 45.9 Å². The molecule has 1 aromatic rings. The van der Waals surface area contributed by atoms with Crippen molar-refractivity contribution < 1.29 is 14.3 Å². The van der Waals surface area contributed by atoms with Gasteiger partial charge in [-0.2, -0.15) is 0 Å². The molecule has 1 aromatic carbocycles. The number of methoxy groups -OCH3 is 1. The number of amides is 2. The number of benzene rings is 1. The lowest BCUT2D eigenvalue weighted by molar-refractivity contribution is -0.145. The van der Waals surface area contributed by atoms with Gasteiger partial charge in [-0.05, 0) is 69.0 Å². The van der Waals surface area contributed by atoms with Crippen LogP contribution in [0, 0.1) is 13.8 Å². The molecule has 0 N–H and O–H groups in total. The molecule has 4 heteroatoms. The molecule has 0 aromatic heterocycles. The highest BCUT2D eigenvalue weighted by Crippen LogP contribution is 2.26. The van der Waals surface area contributed by atoms with Crippen LogP contribution in [-0.2, 0) is 9.59 Å². The van der Waals surface area contributed by atoms with Gasteiger partial charge in [0.1, 0.15) is 5.75 Å². The van der Waals surface area contributed by atoms with Crippen LogP contribution in [0.15, 0.2) is 30.4 Å². The molecular formula is C19H23NO3. The molecule has 0 fully saturated rings. The van der Waals surface area contributed by atoms with Gasteiger partial charge in [0.2, 0.25) is 0 Å². The molecule has 0 saturated heterocycles. The zero-order valence-electron chi connectivity index (χ0n) is 14.3. The highest BCUT2D eigenvalue weighted by Gasteiger charge is 2.35. The largest absolute Gasteiger partial charge is 0.496 e. The maximum absolute atomic E-state index is 12.5. The van der Waals surface area contributed by atoms with Crippen LogP contribution in [0.3, 0.4) is 0 Å². The van der Waals surface area contributed by atoms with Crippen molar-refractivity contribution in [1.29, 1.82) is 0 Å². The van der Waals surface area contributed by atoms with Crippen LogP contribution in [0.25, 0.3) is 6.08 Å². The molecule has 0 unspecified atom stereocenters. The van der Waals surface area contributed by atoms with Gasteiger partial charge in [0.15, 0.2) is 0 Å². The predicted molar refractivity (Wildman–Crippen MR) is 91.2 cm³/mol. The molecule has 23 heavy (non-hydrogen) atoms. The summed E-state index contributed by atoms with van der Waals surface area (Å²) in [7, 11) is 1.63. The topological polar surface area (TPSA) is 46.6 Å². The van der Waals surface area contributed by atoms with Crippen molar-refractivity contribution in [2.75, 3.05) is 7.11 Å². The van der Waals surface area contributed by atoms with Gasteiger partial charge in [0.25, 0.3) is 11.8 Å². The number of hydrogen-bond acceptors (Lipinski definition) is 3. The fourth-order valence-corrected chi connectivity index (χ4v) is 2.72. The number of nitrogens with zero attached hydrogens (tertiary/aromatic N) is 1. The first-order chi connectivity index (χ1) is 10.8. The van der Waals surface area contributed by atoms with Gasteiger partial charge in [-0.25, -0.2) is 0 Å². The molecule has 1 aliphatic heterocycles. The standard InChI is InChI=1S/C19H23NO3/c1-13-11-15(12-16(23-5)14(13)2)8-9-18(22)20-17(21)7-6-10-19(20,3)4/h6-9,11-12H,10H2,1-5H3/b9-8+. The number of hydrogen-bond donors (Lipinski definition) is 0. The number of rotatable bonds is 3. The van der Waals surface area contributed by atoms with Crippen molar-refractivity contribution in [1.82, 2.24) is 4.90 Å². The lowest BCUT2D eigenvalue weighted by Gasteiger charge is -2.37. The van der Waals surface area contributed by atoms with Crippen molar-refractivity contribution in [2.45, 2.75) is 39.7 Å². The second-order valence-electron chi connectivity index (χ2n) is 6.43. The van der Waals surface area contributed by atoms with E-state index in [4.69, 9.17) is 4.74 Å².